The molecule has 0 aromatic heterocycles. The van der Waals surface area contributed by atoms with E-state index in [-0.39, 0.29) is 24.5 Å². The Morgan fingerprint density at radius 2 is 1.74 bits per heavy atom. The van der Waals surface area contributed by atoms with Crippen molar-refractivity contribution in [1.82, 2.24) is 16.2 Å². The summed E-state index contributed by atoms with van der Waals surface area (Å²) in [6.07, 6.45) is 2.01. The summed E-state index contributed by atoms with van der Waals surface area (Å²) < 4.78 is 5.55. The number of hydrogen-bond donors (Lipinski definition) is 3. The highest BCUT2D eigenvalue weighted by Gasteiger charge is 2.28. The van der Waals surface area contributed by atoms with Gasteiger partial charge in [0.25, 0.3) is 5.91 Å². The Labute approximate surface area is 159 Å². The van der Waals surface area contributed by atoms with Crippen molar-refractivity contribution in [3.8, 4) is 5.75 Å². The number of hydrazine groups is 1. The normalized spacial score (nSPS) is 14.3. The van der Waals surface area contributed by atoms with E-state index in [9.17, 15) is 9.59 Å². The van der Waals surface area contributed by atoms with Gasteiger partial charge in [-0.05, 0) is 55.5 Å². The first-order valence-electron chi connectivity index (χ1n) is 9.12. The first-order chi connectivity index (χ1) is 13.0. The van der Waals surface area contributed by atoms with E-state index in [0.29, 0.717) is 5.75 Å². The number of ether oxygens (including phenoxy) is 1. The average molecular weight is 367 g/mol. The third kappa shape index (κ3) is 5.82. The predicted octanol–water partition coefficient (Wildman–Crippen LogP) is 2.32. The molecule has 0 heterocycles. The number of benzene rings is 2. The monoisotopic (exact) mass is 367 g/mol. The molecule has 3 N–H and O–H groups in total. The van der Waals surface area contributed by atoms with Gasteiger partial charge in [0.1, 0.15) is 11.8 Å². The summed E-state index contributed by atoms with van der Waals surface area (Å²) in [7, 11) is 0. The summed E-state index contributed by atoms with van der Waals surface area (Å²) >= 11 is 0. The van der Waals surface area contributed by atoms with Gasteiger partial charge in [0.05, 0.1) is 0 Å². The van der Waals surface area contributed by atoms with Crippen LogP contribution in [0.2, 0.25) is 0 Å². The van der Waals surface area contributed by atoms with Gasteiger partial charge in [-0.15, -0.1) is 0 Å². The van der Waals surface area contributed by atoms with E-state index in [4.69, 9.17) is 4.74 Å². The van der Waals surface area contributed by atoms with E-state index in [1.165, 1.54) is 0 Å². The van der Waals surface area contributed by atoms with Crippen molar-refractivity contribution >= 4 is 11.8 Å². The molecule has 6 heteroatoms. The van der Waals surface area contributed by atoms with Crippen molar-refractivity contribution in [1.29, 1.82) is 0 Å². The van der Waals surface area contributed by atoms with E-state index in [1.54, 1.807) is 0 Å². The molecule has 142 valence electrons. The molecule has 0 bridgehead atoms. The SMILES string of the molecule is Cc1cc(C)cc(OCC(=O)NN[C@@H](C(=O)NC2CC2)c2ccccc2)c1. The van der Waals surface area contributed by atoms with Gasteiger partial charge < -0.3 is 10.1 Å². The zero-order chi connectivity index (χ0) is 19.2. The van der Waals surface area contributed by atoms with Gasteiger partial charge >= 0.3 is 0 Å². The highest BCUT2D eigenvalue weighted by Crippen LogP contribution is 2.21. The Balaban J connectivity index is 1.55. The molecule has 0 spiro atoms. The largest absolute Gasteiger partial charge is 0.484 e. The summed E-state index contributed by atoms with van der Waals surface area (Å²) in [6, 6.07) is 14.7. The first kappa shape index (κ1) is 18.9. The van der Waals surface area contributed by atoms with E-state index in [2.05, 4.69) is 16.2 Å². The molecule has 1 saturated carbocycles. The second-order valence-corrected chi connectivity index (χ2v) is 6.93. The Morgan fingerprint density at radius 1 is 1.07 bits per heavy atom. The number of nitrogens with one attached hydrogen (secondary N) is 3. The van der Waals surface area contributed by atoms with Gasteiger partial charge in [0.15, 0.2) is 6.61 Å². The van der Waals surface area contributed by atoms with Crippen molar-refractivity contribution in [3.05, 3.63) is 65.2 Å². The highest BCUT2D eigenvalue weighted by atomic mass is 16.5. The van der Waals surface area contributed by atoms with E-state index in [0.717, 1.165) is 29.5 Å². The van der Waals surface area contributed by atoms with Gasteiger partial charge in [-0.25, -0.2) is 5.43 Å². The van der Waals surface area contributed by atoms with Crippen molar-refractivity contribution in [2.24, 2.45) is 0 Å². The van der Waals surface area contributed by atoms with Crippen LogP contribution >= 0.6 is 0 Å². The molecule has 1 atom stereocenters. The topological polar surface area (TPSA) is 79.5 Å². The molecule has 1 aliphatic carbocycles. The van der Waals surface area contributed by atoms with Crippen LogP contribution in [0.15, 0.2) is 48.5 Å². The van der Waals surface area contributed by atoms with Gasteiger partial charge in [0, 0.05) is 6.04 Å². The van der Waals surface area contributed by atoms with Crippen LogP contribution < -0.4 is 20.9 Å². The molecule has 6 nitrogen and oxygen atoms in total. The molecule has 1 fully saturated rings. The first-order valence-corrected chi connectivity index (χ1v) is 9.12. The minimum absolute atomic E-state index is 0.137. The Hall–Kier alpha value is -2.86. The molecule has 2 aromatic rings. The van der Waals surface area contributed by atoms with Crippen LogP contribution in [0, 0.1) is 13.8 Å². The molecule has 3 rings (SSSR count). The molecule has 27 heavy (non-hydrogen) atoms. The Morgan fingerprint density at radius 3 is 2.37 bits per heavy atom. The van der Waals surface area contributed by atoms with Crippen molar-refractivity contribution in [2.75, 3.05) is 6.61 Å². The quantitative estimate of drug-likeness (QED) is 0.626. The highest BCUT2D eigenvalue weighted by molar-refractivity contribution is 5.84. The molecule has 0 radical (unpaired) electrons. The van der Waals surface area contributed by atoms with Crippen molar-refractivity contribution < 1.29 is 14.3 Å². The third-order valence-electron chi connectivity index (χ3n) is 4.24. The van der Waals surface area contributed by atoms with Crippen LogP contribution in [-0.4, -0.2) is 24.5 Å². The van der Waals surface area contributed by atoms with Crippen LogP contribution in [0.25, 0.3) is 0 Å². The number of amides is 2. The average Bonchev–Trinajstić information content (AvgIpc) is 3.44. The standard InChI is InChI=1S/C21H25N3O3/c1-14-10-15(2)12-18(11-14)27-13-19(25)23-24-20(16-6-4-3-5-7-16)21(26)22-17-8-9-17/h3-7,10-12,17,20,24H,8-9,13H2,1-2H3,(H,22,26)(H,23,25)/t20-/m1/s1. The molecule has 1 aliphatic rings. The van der Waals surface area contributed by atoms with Crippen molar-refractivity contribution in [3.63, 3.8) is 0 Å². The van der Waals surface area contributed by atoms with E-state index in [1.807, 2.05) is 62.4 Å². The lowest BCUT2D eigenvalue weighted by molar-refractivity contribution is -0.126. The zero-order valence-electron chi connectivity index (χ0n) is 15.6. The second-order valence-electron chi connectivity index (χ2n) is 6.93. The fraction of sp³-hybridized carbons (Fsp3) is 0.333. The van der Waals surface area contributed by atoms with Gasteiger partial charge in [-0.1, -0.05) is 36.4 Å². The number of carbonyl (C=O) groups excluding carboxylic acids is 2. The van der Waals surface area contributed by atoms with Crippen LogP contribution in [0.3, 0.4) is 0 Å². The van der Waals surface area contributed by atoms with E-state index >= 15 is 0 Å². The summed E-state index contributed by atoms with van der Waals surface area (Å²) in [5.74, 6) is 0.141. The van der Waals surface area contributed by atoms with Gasteiger partial charge in [0.2, 0.25) is 5.91 Å². The summed E-state index contributed by atoms with van der Waals surface area (Å²) in [5.41, 5.74) is 8.35. The molecular formula is C21H25N3O3. The predicted molar refractivity (Wildman–Crippen MR) is 103 cm³/mol. The Kier molecular flexibility index (Phi) is 6.08. The van der Waals surface area contributed by atoms with Crippen LogP contribution in [0.5, 0.6) is 5.75 Å². The van der Waals surface area contributed by atoms with Crippen LogP contribution in [0.4, 0.5) is 0 Å². The zero-order valence-corrected chi connectivity index (χ0v) is 15.6. The second kappa shape index (κ2) is 8.68. The molecule has 2 aromatic carbocycles. The number of hydrogen-bond acceptors (Lipinski definition) is 4. The summed E-state index contributed by atoms with van der Waals surface area (Å²) in [6.45, 7) is 3.82. The summed E-state index contributed by atoms with van der Waals surface area (Å²) in [4.78, 5) is 24.7. The van der Waals surface area contributed by atoms with Crippen LogP contribution in [0.1, 0.15) is 35.6 Å². The van der Waals surface area contributed by atoms with Crippen LogP contribution in [-0.2, 0) is 9.59 Å². The maximum atomic E-state index is 12.5. The maximum Gasteiger partial charge on any atom is 0.272 e. The van der Waals surface area contributed by atoms with Gasteiger partial charge in [-0.3, -0.25) is 15.0 Å². The fourth-order valence-corrected chi connectivity index (χ4v) is 2.81. The fourth-order valence-electron chi connectivity index (χ4n) is 2.81. The Bertz CT molecular complexity index is 783. The number of rotatable bonds is 8. The third-order valence-corrected chi connectivity index (χ3v) is 4.24. The molecule has 0 unspecified atom stereocenters. The summed E-state index contributed by atoms with van der Waals surface area (Å²) in [5, 5.41) is 2.96. The van der Waals surface area contributed by atoms with E-state index < -0.39 is 6.04 Å². The molecule has 0 aliphatic heterocycles. The minimum atomic E-state index is -0.656. The van der Waals surface area contributed by atoms with Gasteiger partial charge in [-0.2, -0.15) is 0 Å². The van der Waals surface area contributed by atoms with Crippen molar-refractivity contribution in [2.45, 2.75) is 38.8 Å². The minimum Gasteiger partial charge on any atom is -0.484 e. The lowest BCUT2D eigenvalue weighted by Crippen LogP contribution is -2.48. The lowest BCUT2D eigenvalue weighted by Gasteiger charge is -2.19. The molecular weight excluding hydrogens is 342 g/mol. The number of carbonyl (C=O) groups is 2. The lowest BCUT2D eigenvalue weighted by atomic mass is 10.1. The number of aryl methyl sites for hydroxylation is 2. The molecule has 0 saturated heterocycles. The smallest absolute Gasteiger partial charge is 0.272 e. The molecule has 2 amide bonds. The maximum absolute atomic E-state index is 12.5.